The van der Waals surface area contributed by atoms with Crippen LogP contribution in [0.4, 0.5) is 0 Å². The van der Waals surface area contributed by atoms with Gasteiger partial charge >= 0.3 is 0 Å². The number of aromatic nitrogens is 4. The van der Waals surface area contributed by atoms with Crippen LogP contribution in [0.15, 0.2) is 6.07 Å². The third-order valence-electron chi connectivity index (χ3n) is 3.50. The van der Waals surface area contributed by atoms with Crippen LogP contribution in [0, 0.1) is 13.8 Å². The maximum atomic E-state index is 12.0. The van der Waals surface area contributed by atoms with Crippen molar-refractivity contribution in [1.82, 2.24) is 25.3 Å². The van der Waals surface area contributed by atoms with Crippen LogP contribution in [0.2, 0.25) is 0 Å². The van der Waals surface area contributed by atoms with Crippen molar-refractivity contribution in [3.63, 3.8) is 0 Å². The summed E-state index contributed by atoms with van der Waals surface area (Å²) in [4.78, 5) is 12.0. The summed E-state index contributed by atoms with van der Waals surface area (Å²) in [5, 5.41) is 14.2. The normalized spacial score (nSPS) is 10.9. The van der Waals surface area contributed by atoms with Crippen molar-refractivity contribution in [2.75, 3.05) is 13.1 Å². The Morgan fingerprint density at radius 1 is 1.43 bits per heavy atom. The van der Waals surface area contributed by atoms with Crippen LogP contribution in [0.3, 0.4) is 0 Å². The Labute approximate surface area is 123 Å². The molecule has 1 amide bonds. The van der Waals surface area contributed by atoms with Gasteiger partial charge in [0.25, 0.3) is 5.91 Å². The van der Waals surface area contributed by atoms with E-state index >= 15 is 0 Å². The summed E-state index contributed by atoms with van der Waals surface area (Å²) in [7, 11) is 1.89. The van der Waals surface area contributed by atoms with Crippen molar-refractivity contribution in [2.45, 2.75) is 26.7 Å². The fraction of sp³-hybridized carbons (Fsp3) is 0.500. The first-order valence-electron chi connectivity index (χ1n) is 7.08. The predicted octanol–water partition coefficient (Wildman–Crippen LogP) is 0.896. The van der Waals surface area contributed by atoms with Crippen LogP contribution >= 0.6 is 0 Å². The molecule has 4 N–H and O–H groups in total. The zero-order chi connectivity index (χ0) is 15.4. The highest BCUT2D eigenvalue weighted by Crippen LogP contribution is 2.24. The minimum absolute atomic E-state index is 0.148. The molecule has 2 heterocycles. The lowest BCUT2D eigenvalue weighted by atomic mass is 10.1. The number of H-pyrrole nitrogens is 1. The maximum absolute atomic E-state index is 12.0. The van der Waals surface area contributed by atoms with Crippen LogP contribution in [-0.2, 0) is 7.05 Å². The van der Waals surface area contributed by atoms with Crippen LogP contribution in [0.25, 0.3) is 11.3 Å². The molecule has 0 aliphatic rings. The first-order valence-corrected chi connectivity index (χ1v) is 7.08. The van der Waals surface area contributed by atoms with Gasteiger partial charge in [0, 0.05) is 24.8 Å². The van der Waals surface area contributed by atoms with Gasteiger partial charge in [-0.25, -0.2) is 0 Å². The summed E-state index contributed by atoms with van der Waals surface area (Å²) in [5.74, 6) is -0.148. The van der Waals surface area contributed by atoms with E-state index in [9.17, 15) is 4.79 Å². The van der Waals surface area contributed by atoms with Gasteiger partial charge in [0.1, 0.15) is 5.69 Å². The molecular weight excluding hydrogens is 268 g/mol. The Bertz CT molecular complexity index is 627. The molecule has 0 saturated heterocycles. The van der Waals surface area contributed by atoms with E-state index in [0.717, 1.165) is 35.5 Å². The molecule has 2 rings (SSSR count). The van der Waals surface area contributed by atoms with Gasteiger partial charge < -0.3 is 11.1 Å². The highest BCUT2D eigenvalue weighted by molar-refractivity contribution is 5.93. The smallest absolute Gasteiger partial charge is 0.269 e. The molecule has 7 heteroatoms. The van der Waals surface area contributed by atoms with Crippen molar-refractivity contribution in [3.05, 3.63) is 23.1 Å². The third kappa shape index (κ3) is 3.30. The topological polar surface area (TPSA) is 102 Å². The molecule has 0 aromatic carbocycles. The summed E-state index contributed by atoms with van der Waals surface area (Å²) >= 11 is 0. The van der Waals surface area contributed by atoms with E-state index in [0.29, 0.717) is 18.8 Å². The molecule has 2 aromatic rings. The molecular formula is C14H22N6O. The molecule has 114 valence electrons. The second kappa shape index (κ2) is 6.53. The predicted molar refractivity (Wildman–Crippen MR) is 80.9 cm³/mol. The summed E-state index contributed by atoms with van der Waals surface area (Å²) in [6.07, 6.45) is 1.78. The van der Waals surface area contributed by atoms with E-state index in [2.05, 4.69) is 20.6 Å². The quantitative estimate of drug-likeness (QED) is 0.688. The van der Waals surface area contributed by atoms with E-state index in [-0.39, 0.29) is 5.91 Å². The van der Waals surface area contributed by atoms with E-state index in [1.807, 2.05) is 25.6 Å². The zero-order valence-corrected chi connectivity index (χ0v) is 12.7. The van der Waals surface area contributed by atoms with Gasteiger partial charge in [0.15, 0.2) is 0 Å². The number of amides is 1. The molecule has 0 saturated carbocycles. The number of rotatable bonds is 6. The fourth-order valence-corrected chi connectivity index (χ4v) is 2.28. The zero-order valence-electron chi connectivity index (χ0n) is 12.7. The third-order valence-corrected chi connectivity index (χ3v) is 3.50. The number of nitrogens with zero attached hydrogens (tertiary/aromatic N) is 3. The Balaban J connectivity index is 2.09. The lowest BCUT2D eigenvalue weighted by Crippen LogP contribution is -2.25. The monoisotopic (exact) mass is 290 g/mol. The molecule has 0 fully saturated rings. The number of nitrogens with two attached hydrogens (primary N) is 1. The Kier molecular flexibility index (Phi) is 4.74. The number of carbonyl (C=O) groups excluding carboxylic acids is 1. The standard InChI is InChI=1S/C14H22N6O/c1-9-13(10(2)20(3)19-9)11-8-12(18-17-11)14(21)16-7-5-4-6-15/h8H,4-7,15H2,1-3H3,(H,16,21)(H,17,18). The van der Waals surface area contributed by atoms with E-state index in [1.54, 1.807) is 6.07 Å². The van der Waals surface area contributed by atoms with Crippen LogP contribution in [0.5, 0.6) is 0 Å². The molecule has 0 spiro atoms. The van der Waals surface area contributed by atoms with Gasteiger partial charge in [0.2, 0.25) is 0 Å². The first-order chi connectivity index (χ1) is 10.0. The highest BCUT2D eigenvalue weighted by Gasteiger charge is 2.16. The van der Waals surface area contributed by atoms with E-state index in [4.69, 9.17) is 5.73 Å². The second-order valence-electron chi connectivity index (χ2n) is 5.09. The number of aryl methyl sites for hydroxylation is 2. The van der Waals surface area contributed by atoms with Gasteiger partial charge in [-0.2, -0.15) is 10.2 Å². The number of carbonyl (C=O) groups is 1. The largest absolute Gasteiger partial charge is 0.351 e. The number of hydrogen-bond acceptors (Lipinski definition) is 4. The summed E-state index contributed by atoms with van der Waals surface area (Å²) < 4.78 is 1.81. The molecule has 21 heavy (non-hydrogen) atoms. The minimum Gasteiger partial charge on any atom is -0.351 e. The van der Waals surface area contributed by atoms with Gasteiger partial charge in [-0.05, 0) is 39.3 Å². The summed E-state index contributed by atoms with van der Waals surface area (Å²) in [6, 6.07) is 1.76. The lowest BCUT2D eigenvalue weighted by Gasteiger charge is -2.01. The molecule has 0 radical (unpaired) electrons. The number of hydrogen-bond donors (Lipinski definition) is 3. The van der Waals surface area contributed by atoms with Gasteiger partial charge in [-0.15, -0.1) is 0 Å². The van der Waals surface area contributed by atoms with E-state index in [1.165, 1.54) is 0 Å². The van der Waals surface area contributed by atoms with Crippen molar-refractivity contribution in [1.29, 1.82) is 0 Å². The van der Waals surface area contributed by atoms with Crippen molar-refractivity contribution in [3.8, 4) is 11.3 Å². The molecule has 0 atom stereocenters. The lowest BCUT2D eigenvalue weighted by molar-refractivity contribution is 0.0948. The molecule has 0 bridgehead atoms. The van der Waals surface area contributed by atoms with Crippen molar-refractivity contribution >= 4 is 5.91 Å². The van der Waals surface area contributed by atoms with Gasteiger partial charge in [-0.1, -0.05) is 0 Å². The van der Waals surface area contributed by atoms with E-state index < -0.39 is 0 Å². The fourth-order valence-electron chi connectivity index (χ4n) is 2.28. The summed E-state index contributed by atoms with van der Waals surface area (Å²) in [6.45, 7) is 5.18. The maximum Gasteiger partial charge on any atom is 0.269 e. The number of aromatic amines is 1. The Morgan fingerprint density at radius 2 is 2.19 bits per heavy atom. The Morgan fingerprint density at radius 3 is 2.81 bits per heavy atom. The molecule has 0 aliphatic carbocycles. The van der Waals surface area contributed by atoms with Crippen LogP contribution < -0.4 is 11.1 Å². The van der Waals surface area contributed by atoms with Crippen LogP contribution in [-0.4, -0.2) is 39.0 Å². The molecule has 0 aliphatic heterocycles. The SMILES string of the molecule is Cc1nn(C)c(C)c1-c1cc(C(=O)NCCCCN)[nH]n1. The van der Waals surface area contributed by atoms with Crippen LogP contribution in [0.1, 0.15) is 34.7 Å². The first kappa shape index (κ1) is 15.2. The minimum atomic E-state index is -0.148. The molecule has 7 nitrogen and oxygen atoms in total. The highest BCUT2D eigenvalue weighted by atomic mass is 16.1. The molecule has 2 aromatic heterocycles. The van der Waals surface area contributed by atoms with Gasteiger partial charge in [0.05, 0.1) is 11.4 Å². The average molecular weight is 290 g/mol. The average Bonchev–Trinajstić information content (AvgIpc) is 3.01. The molecule has 0 unspecified atom stereocenters. The van der Waals surface area contributed by atoms with Gasteiger partial charge in [-0.3, -0.25) is 14.6 Å². The number of nitrogens with one attached hydrogen (secondary N) is 2. The number of unbranched alkanes of at least 4 members (excludes halogenated alkanes) is 1. The van der Waals surface area contributed by atoms with Crippen molar-refractivity contribution in [2.24, 2.45) is 12.8 Å². The second-order valence-corrected chi connectivity index (χ2v) is 5.09. The summed E-state index contributed by atoms with van der Waals surface area (Å²) in [5.41, 5.74) is 9.51. The van der Waals surface area contributed by atoms with Crippen molar-refractivity contribution < 1.29 is 4.79 Å². The Hall–Kier alpha value is -2.15.